The lowest BCUT2D eigenvalue weighted by Gasteiger charge is -2.42. The predicted octanol–water partition coefficient (Wildman–Crippen LogP) is 3.42. The van der Waals surface area contributed by atoms with Crippen LogP contribution in [0.3, 0.4) is 0 Å². The van der Waals surface area contributed by atoms with Gasteiger partial charge in [0.15, 0.2) is 0 Å². The van der Waals surface area contributed by atoms with E-state index in [2.05, 4.69) is 17.0 Å². The highest BCUT2D eigenvalue weighted by atomic mass is 16.3. The van der Waals surface area contributed by atoms with E-state index in [0.717, 1.165) is 5.56 Å². The Morgan fingerprint density at radius 2 is 2.06 bits per heavy atom. The number of hydrogen-bond acceptors (Lipinski definition) is 2. The molecule has 1 aliphatic heterocycles. The van der Waals surface area contributed by atoms with Crippen LogP contribution in [0.1, 0.15) is 37.7 Å². The number of phenolic OH excluding ortho intramolecular Hbond substituents is 1. The third-order valence-electron chi connectivity index (χ3n) is 4.17. The first-order valence-electron chi connectivity index (χ1n) is 7.06. The van der Waals surface area contributed by atoms with E-state index < -0.39 is 0 Å². The standard InChI is InChI=1S/C16H21NO/c18-15-7-3-5-13(12-15)11-14-6-1-2-8-16(14)17-9-4-10-17/h3,5,7,11-12,16,18H,1-2,4,6,8-10H2/b14-11+/t16-/m1/s1. The molecule has 96 valence electrons. The molecule has 1 saturated heterocycles. The molecule has 2 heteroatoms. The van der Waals surface area contributed by atoms with Gasteiger partial charge >= 0.3 is 0 Å². The third kappa shape index (κ3) is 2.44. The van der Waals surface area contributed by atoms with Crippen LogP contribution in [-0.2, 0) is 0 Å². The number of hydrogen-bond donors (Lipinski definition) is 1. The minimum Gasteiger partial charge on any atom is -0.508 e. The molecule has 1 heterocycles. The highest BCUT2D eigenvalue weighted by Gasteiger charge is 2.28. The highest BCUT2D eigenvalue weighted by Crippen LogP contribution is 2.32. The highest BCUT2D eigenvalue weighted by molar-refractivity contribution is 5.56. The van der Waals surface area contributed by atoms with E-state index in [1.165, 1.54) is 45.2 Å². The molecule has 1 saturated carbocycles. The molecule has 0 aromatic heterocycles. The van der Waals surface area contributed by atoms with Crippen molar-refractivity contribution in [2.45, 2.75) is 38.1 Å². The van der Waals surface area contributed by atoms with Crippen molar-refractivity contribution in [2.24, 2.45) is 0 Å². The van der Waals surface area contributed by atoms with Crippen LogP contribution >= 0.6 is 0 Å². The average molecular weight is 243 g/mol. The summed E-state index contributed by atoms with van der Waals surface area (Å²) in [5.74, 6) is 0.362. The second-order valence-corrected chi connectivity index (χ2v) is 5.47. The lowest BCUT2D eigenvalue weighted by atomic mass is 9.86. The number of phenols is 1. The second-order valence-electron chi connectivity index (χ2n) is 5.47. The van der Waals surface area contributed by atoms with Gasteiger partial charge in [-0.25, -0.2) is 0 Å². The van der Waals surface area contributed by atoms with Crippen LogP contribution in [0.25, 0.3) is 6.08 Å². The van der Waals surface area contributed by atoms with Gasteiger partial charge in [-0.3, -0.25) is 4.90 Å². The van der Waals surface area contributed by atoms with Crippen molar-refractivity contribution < 1.29 is 5.11 Å². The molecule has 2 fully saturated rings. The Bertz CT molecular complexity index is 448. The van der Waals surface area contributed by atoms with Gasteiger partial charge in [-0.15, -0.1) is 0 Å². The zero-order chi connectivity index (χ0) is 12.4. The van der Waals surface area contributed by atoms with Gasteiger partial charge in [-0.1, -0.05) is 30.2 Å². The number of rotatable bonds is 2. The first-order valence-corrected chi connectivity index (χ1v) is 7.06. The summed E-state index contributed by atoms with van der Waals surface area (Å²) in [4.78, 5) is 2.60. The van der Waals surface area contributed by atoms with Crippen LogP contribution in [0.4, 0.5) is 0 Å². The summed E-state index contributed by atoms with van der Waals surface area (Å²) in [6, 6.07) is 8.25. The van der Waals surface area contributed by atoms with Crippen molar-refractivity contribution >= 4 is 6.08 Å². The maximum atomic E-state index is 9.54. The smallest absolute Gasteiger partial charge is 0.116 e. The maximum absolute atomic E-state index is 9.54. The summed E-state index contributed by atoms with van der Waals surface area (Å²) < 4.78 is 0. The van der Waals surface area contributed by atoms with Gasteiger partial charge in [-0.05, 0) is 56.5 Å². The van der Waals surface area contributed by atoms with Gasteiger partial charge in [0, 0.05) is 6.04 Å². The van der Waals surface area contributed by atoms with E-state index in [9.17, 15) is 5.11 Å². The average Bonchev–Trinajstić information content (AvgIpc) is 2.29. The Hall–Kier alpha value is -1.28. The normalized spacial score (nSPS) is 27.1. The summed E-state index contributed by atoms with van der Waals surface area (Å²) in [7, 11) is 0. The fourth-order valence-electron chi connectivity index (χ4n) is 3.09. The predicted molar refractivity (Wildman–Crippen MR) is 74.5 cm³/mol. The minimum absolute atomic E-state index is 0.362. The molecule has 0 bridgehead atoms. The molecule has 0 amide bonds. The Balaban J connectivity index is 1.82. The van der Waals surface area contributed by atoms with Gasteiger partial charge in [-0.2, -0.15) is 0 Å². The second kappa shape index (κ2) is 5.15. The van der Waals surface area contributed by atoms with Crippen molar-refractivity contribution in [1.29, 1.82) is 0 Å². The molecular formula is C16H21NO. The fourth-order valence-corrected chi connectivity index (χ4v) is 3.09. The van der Waals surface area contributed by atoms with Crippen LogP contribution in [-0.4, -0.2) is 29.1 Å². The molecule has 2 nitrogen and oxygen atoms in total. The third-order valence-corrected chi connectivity index (χ3v) is 4.17. The lowest BCUT2D eigenvalue weighted by molar-refractivity contribution is 0.121. The van der Waals surface area contributed by atoms with Gasteiger partial charge in [0.2, 0.25) is 0 Å². The quantitative estimate of drug-likeness (QED) is 0.860. The van der Waals surface area contributed by atoms with Gasteiger partial charge in [0.1, 0.15) is 5.75 Å². The van der Waals surface area contributed by atoms with E-state index in [4.69, 9.17) is 0 Å². The molecule has 1 aliphatic carbocycles. The molecule has 0 radical (unpaired) electrons. The fraction of sp³-hybridized carbons (Fsp3) is 0.500. The lowest BCUT2D eigenvalue weighted by Crippen LogP contribution is -2.46. The van der Waals surface area contributed by atoms with Crippen LogP contribution < -0.4 is 0 Å². The van der Waals surface area contributed by atoms with Gasteiger partial charge in [0.25, 0.3) is 0 Å². The van der Waals surface area contributed by atoms with E-state index in [1.54, 1.807) is 11.6 Å². The Kier molecular flexibility index (Phi) is 3.37. The van der Waals surface area contributed by atoms with Crippen molar-refractivity contribution in [3.8, 4) is 5.75 Å². The number of benzene rings is 1. The number of nitrogens with zero attached hydrogens (tertiary/aromatic N) is 1. The molecule has 0 unspecified atom stereocenters. The van der Waals surface area contributed by atoms with E-state index in [-0.39, 0.29) is 0 Å². The van der Waals surface area contributed by atoms with Crippen LogP contribution in [0.5, 0.6) is 5.75 Å². The largest absolute Gasteiger partial charge is 0.508 e. The first-order chi connectivity index (χ1) is 8.83. The molecule has 3 rings (SSSR count). The van der Waals surface area contributed by atoms with Crippen molar-refractivity contribution in [3.05, 3.63) is 35.4 Å². The zero-order valence-electron chi connectivity index (χ0n) is 10.8. The van der Waals surface area contributed by atoms with Crippen molar-refractivity contribution in [2.75, 3.05) is 13.1 Å². The number of aromatic hydroxyl groups is 1. The minimum atomic E-state index is 0.362. The summed E-state index contributed by atoms with van der Waals surface area (Å²) in [6.45, 7) is 2.53. The van der Waals surface area contributed by atoms with Crippen molar-refractivity contribution in [3.63, 3.8) is 0 Å². The molecule has 2 aliphatic rings. The number of likely N-dealkylation sites (tertiary alicyclic amines) is 1. The summed E-state index contributed by atoms with van der Waals surface area (Å²) in [5.41, 5.74) is 2.70. The molecule has 1 aromatic carbocycles. The summed E-state index contributed by atoms with van der Waals surface area (Å²) in [6.07, 6.45) is 8.85. The monoisotopic (exact) mass is 243 g/mol. The van der Waals surface area contributed by atoms with E-state index in [0.29, 0.717) is 11.8 Å². The molecule has 0 spiro atoms. The van der Waals surface area contributed by atoms with Crippen LogP contribution in [0, 0.1) is 0 Å². The van der Waals surface area contributed by atoms with Gasteiger partial charge < -0.3 is 5.11 Å². The van der Waals surface area contributed by atoms with E-state index >= 15 is 0 Å². The van der Waals surface area contributed by atoms with Crippen molar-refractivity contribution in [1.82, 2.24) is 4.90 Å². The summed E-state index contributed by atoms with van der Waals surface area (Å²) >= 11 is 0. The summed E-state index contributed by atoms with van der Waals surface area (Å²) in [5, 5.41) is 9.54. The zero-order valence-corrected chi connectivity index (χ0v) is 10.8. The van der Waals surface area contributed by atoms with Crippen LogP contribution in [0.15, 0.2) is 29.8 Å². The SMILES string of the molecule is Oc1cccc(/C=C2\CCCC[C@H]2N2CCC2)c1. The topological polar surface area (TPSA) is 23.5 Å². The molecule has 1 N–H and O–H groups in total. The van der Waals surface area contributed by atoms with Gasteiger partial charge in [0.05, 0.1) is 0 Å². The van der Waals surface area contributed by atoms with E-state index in [1.807, 2.05) is 12.1 Å². The Labute approximate surface area is 109 Å². The Morgan fingerprint density at radius 1 is 1.17 bits per heavy atom. The maximum Gasteiger partial charge on any atom is 0.116 e. The first kappa shape index (κ1) is 11.8. The molecule has 18 heavy (non-hydrogen) atoms. The molecular weight excluding hydrogens is 222 g/mol. The molecule has 1 aromatic rings. The molecule has 1 atom stereocenters. The van der Waals surface area contributed by atoms with Crippen LogP contribution in [0.2, 0.25) is 0 Å². The Morgan fingerprint density at radius 3 is 2.78 bits per heavy atom.